The molecular formula is C14H27NO2. The second kappa shape index (κ2) is 4.27. The van der Waals surface area contributed by atoms with Gasteiger partial charge < -0.3 is 10.4 Å². The third-order valence-electron chi connectivity index (χ3n) is 4.71. The van der Waals surface area contributed by atoms with Gasteiger partial charge >= 0.3 is 0 Å². The molecule has 1 aliphatic carbocycles. The van der Waals surface area contributed by atoms with Gasteiger partial charge in [0, 0.05) is 12.5 Å². The molecule has 1 atom stereocenters. The van der Waals surface area contributed by atoms with Crippen LogP contribution < -0.4 is 5.32 Å². The van der Waals surface area contributed by atoms with Crippen LogP contribution in [0, 0.1) is 16.7 Å². The molecule has 1 amide bonds. The molecule has 17 heavy (non-hydrogen) atoms. The van der Waals surface area contributed by atoms with Crippen molar-refractivity contribution in [3.8, 4) is 0 Å². The van der Waals surface area contributed by atoms with Gasteiger partial charge in [0.2, 0.25) is 5.91 Å². The van der Waals surface area contributed by atoms with Gasteiger partial charge in [-0.1, -0.05) is 41.0 Å². The zero-order valence-corrected chi connectivity index (χ0v) is 12.1. The third-order valence-corrected chi connectivity index (χ3v) is 4.71. The largest absolute Gasteiger partial charge is 0.388 e. The van der Waals surface area contributed by atoms with Crippen LogP contribution in [0.2, 0.25) is 0 Å². The second-order valence-corrected chi connectivity index (χ2v) is 6.84. The molecule has 2 N–H and O–H groups in total. The normalized spacial score (nSPS) is 25.1. The average molecular weight is 241 g/mol. The topological polar surface area (TPSA) is 49.3 Å². The lowest BCUT2D eigenvalue weighted by Crippen LogP contribution is -2.41. The molecule has 0 radical (unpaired) electrons. The Morgan fingerprint density at radius 2 is 1.76 bits per heavy atom. The number of carbonyl (C=O) groups is 1. The van der Waals surface area contributed by atoms with Gasteiger partial charge in [0.15, 0.2) is 0 Å². The number of carbonyl (C=O) groups excluding carboxylic acids is 1. The second-order valence-electron chi connectivity index (χ2n) is 6.84. The van der Waals surface area contributed by atoms with E-state index >= 15 is 0 Å². The fraction of sp³-hybridized carbons (Fsp3) is 0.929. The predicted molar refractivity (Wildman–Crippen MR) is 69.6 cm³/mol. The minimum atomic E-state index is -0.784. The van der Waals surface area contributed by atoms with E-state index in [0.29, 0.717) is 13.0 Å². The van der Waals surface area contributed by atoms with Crippen molar-refractivity contribution in [3.05, 3.63) is 0 Å². The van der Waals surface area contributed by atoms with Crippen molar-refractivity contribution < 1.29 is 9.90 Å². The summed E-state index contributed by atoms with van der Waals surface area (Å²) >= 11 is 0. The van der Waals surface area contributed by atoms with Crippen LogP contribution in [0.5, 0.6) is 0 Å². The van der Waals surface area contributed by atoms with E-state index in [1.807, 2.05) is 6.92 Å². The van der Waals surface area contributed by atoms with Crippen molar-refractivity contribution in [1.29, 1.82) is 0 Å². The first-order chi connectivity index (χ1) is 7.56. The van der Waals surface area contributed by atoms with Crippen LogP contribution in [0.1, 0.15) is 54.4 Å². The lowest BCUT2D eigenvalue weighted by atomic mass is 10.0. The molecule has 0 spiro atoms. The minimum Gasteiger partial charge on any atom is -0.388 e. The maximum atomic E-state index is 12.1. The summed E-state index contributed by atoms with van der Waals surface area (Å²) in [4.78, 5) is 12.1. The highest BCUT2D eigenvalue weighted by Crippen LogP contribution is 2.68. The van der Waals surface area contributed by atoms with E-state index in [-0.39, 0.29) is 22.7 Å². The monoisotopic (exact) mass is 241 g/mol. The van der Waals surface area contributed by atoms with Gasteiger partial charge in [0.25, 0.3) is 0 Å². The molecule has 0 aromatic carbocycles. The molecule has 0 aliphatic heterocycles. The first-order valence-corrected chi connectivity index (χ1v) is 6.56. The summed E-state index contributed by atoms with van der Waals surface area (Å²) in [6, 6.07) is 0. The number of nitrogens with one attached hydrogen (secondary N) is 1. The molecule has 1 rings (SSSR count). The van der Waals surface area contributed by atoms with Gasteiger partial charge in [0.1, 0.15) is 0 Å². The smallest absolute Gasteiger partial charge is 0.224 e. The molecule has 100 valence electrons. The van der Waals surface area contributed by atoms with Gasteiger partial charge in [-0.15, -0.1) is 0 Å². The summed E-state index contributed by atoms with van der Waals surface area (Å²) in [5.74, 6) is 0.142. The van der Waals surface area contributed by atoms with Crippen LogP contribution in [-0.2, 0) is 4.79 Å². The highest BCUT2D eigenvalue weighted by Gasteiger charge is 2.68. The third kappa shape index (κ3) is 2.65. The molecule has 1 fully saturated rings. The lowest BCUT2D eigenvalue weighted by Gasteiger charge is -2.23. The molecule has 0 bridgehead atoms. The maximum Gasteiger partial charge on any atom is 0.224 e. The van der Waals surface area contributed by atoms with Crippen molar-refractivity contribution in [2.45, 2.75) is 60.0 Å². The Labute approximate surface area is 105 Å². The van der Waals surface area contributed by atoms with E-state index in [1.54, 1.807) is 6.92 Å². The van der Waals surface area contributed by atoms with E-state index in [0.717, 1.165) is 6.42 Å². The van der Waals surface area contributed by atoms with Gasteiger partial charge in [0.05, 0.1) is 5.60 Å². The predicted octanol–water partition coefficient (Wildman–Crippen LogP) is 2.34. The molecular weight excluding hydrogens is 214 g/mol. The van der Waals surface area contributed by atoms with Gasteiger partial charge in [-0.25, -0.2) is 0 Å². The molecule has 1 unspecified atom stereocenters. The fourth-order valence-corrected chi connectivity index (χ4v) is 2.86. The van der Waals surface area contributed by atoms with E-state index in [1.165, 1.54) is 0 Å². The summed E-state index contributed by atoms with van der Waals surface area (Å²) in [7, 11) is 0. The molecule has 0 saturated heterocycles. The SMILES string of the molecule is CCCC(C)(O)CNC(=O)C1C(C)(C)C1(C)C. The minimum absolute atomic E-state index is 0.0624. The van der Waals surface area contributed by atoms with E-state index < -0.39 is 5.60 Å². The highest BCUT2D eigenvalue weighted by atomic mass is 16.3. The average Bonchev–Trinajstić information content (AvgIpc) is 2.54. The van der Waals surface area contributed by atoms with Gasteiger partial charge in [-0.2, -0.15) is 0 Å². The molecule has 1 saturated carbocycles. The number of rotatable bonds is 5. The molecule has 0 aromatic heterocycles. The van der Waals surface area contributed by atoms with Crippen LogP contribution in [0.15, 0.2) is 0 Å². The fourth-order valence-electron chi connectivity index (χ4n) is 2.86. The van der Waals surface area contributed by atoms with E-state index in [9.17, 15) is 9.90 Å². The van der Waals surface area contributed by atoms with Crippen molar-refractivity contribution >= 4 is 5.91 Å². The molecule has 1 aliphatic rings. The molecule has 0 heterocycles. The number of hydrogen-bond acceptors (Lipinski definition) is 2. The standard InChI is InChI=1S/C14H27NO2/c1-7-8-14(6,17)9-15-11(16)10-12(2,3)13(10,4)5/h10,17H,7-9H2,1-6H3,(H,15,16). The summed E-state index contributed by atoms with van der Waals surface area (Å²) in [6.07, 6.45) is 1.63. The van der Waals surface area contributed by atoms with Gasteiger partial charge in [-0.3, -0.25) is 4.79 Å². The zero-order valence-electron chi connectivity index (χ0n) is 12.1. The Bertz CT molecular complexity index is 291. The molecule has 3 heteroatoms. The Morgan fingerprint density at radius 1 is 1.29 bits per heavy atom. The first-order valence-electron chi connectivity index (χ1n) is 6.56. The zero-order chi connectivity index (χ0) is 13.5. The molecule has 3 nitrogen and oxygen atoms in total. The van der Waals surface area contributed by atoms with Crippen LogP contribution in [0.3, 0.4) is 0 Å². The Kier molecular flexibility index (Phi) is 3.64. The number of aliphatic hydroxyl groups is 1. The number of hydrogen-bond donors (Lipinski definition) is 2. The van der Waals surface area contributed by atoms with E-state index in [2.05, 4.69) is 33.0 Å². The van der Waals surface area contributed by atoms with E-state index in [4.69, 9.17) is 0 Å². The highest BCUT2D eigenvalue weighted by molar-refractivity contribution is 5.84. The lowest BCUT2D eigenvalue weighted by molar-refractivity contribution is -0.124. The van der Waals surface area contributed by atoms with Crippen LogP contribution >= 0.6 is 0 Å². The first kappa shape index (κ1) is 14.5. The maximum absolute atomic E-state index is 12.1. The summed E-state index contributed by atoms with van der Waals surface area (Å²) in [5, 5.41) is 12.9. The molecule has 0 aromatic rings. The van der Waals surface area contributed by atoms with Crippen LogP contribution in [0.4, 0.5) is 0 Å². The van der Waals surface area contributed by atoms with Crippen molar-refractivity contribution in [3.63, 3.8) is 0 Å². The van der Waals surface area contributed by atoms with Crippen LogP contribution in [-0.4, -0.2) is 23.2 Å². The number of amides is 1. The van der Waals surface area contributed by atoms with Crippen molar-refractivity contribution in [2.24, 2.45) is 16.7 Å². The van der Waals surface area contributed by atoms with Crippen molar-refractivity contribution in [1.82, 2.24) is 5.32 Å². The van der Waals surface area contributed by atoms with Crippen LogP contribution in [0.25, 0.3) is 0 Å². The Hall–Kier alpha value is -0.570. The Balaban J connectivity index is 2.48. The summed E-state index contributed by atoms with van der Waals surface area (Å²) in [6.45, 7) is 12.7. The quantitative estimate of drug-likeness (QED) is 0.776. The summed E-state index contributed by atoms with van der Waals surface area (Å²) in [5.41, 5.74) is -0.658. The summed E-state index contributed by atoms with van der Waals surface area (Å²) < 4.78 is 0. The Morgan fingerprint density at radius 3 is 2.12 bits per heavy atom. The van der Waals surface area contributed by atoms with Crippen molar-refractivity contribution in [2.75, 3.05) is 6.54 Å². The van der Waals surface area contributed by atoms with Gasteiger partial charge in [-0.05, 0) is 24.2 Å².